The van der Waals surface area contributed by atoms with Gasteiger partial charge < -0.3 is 4.90 Å². The zero-order valence-electron chi connectivity index (χ0n) is 12.3. The summed E-state index contributed by atoms with van der Waals surface area (Å²) in [5, 5.41) is 8.72. The van der Waals surface area contributed by atoms with E-state index in [1.165, 1.54) is 0 Å². The Balaban J connectivity index is 1.88. The lowest BCUT2D eigenvalue weighted by Crippen LogP contribution is -2.38. The molecule has 1 saturated heterocycles. The highest BCUT2D eigenvalue weighted by atomic mass is 16.5. The van der Waals surface area contributed by atoms with Crippen LogP contribution in [0.5, 0.6) is 0 Å². The first-order valence-corrected chi connectivity index (χ1v) is 7.34. The average Bonchev–Trinajstić information content (AvgIpc) is 2.98. The van der Waals surface area contributed by atoms with Gasteiger partial charge in [-0.05, 0) is 56.4 Å². The summed E-state index contributed by atoms with van der Waals surface area (Å²) in [4.78, 5) is 26.2. The molecule has 2 aliphatic rings. The van der Waals surface area contributed by atoms with Crippen LogP contribution in [0.15, 0.2) is 18.2 Å². The molecule has 1 unspecified atom stereocenters. The minimum atomic E-state index is -0.514. The molecule has 0 bridgehead atoms. The van der Waals surface area contributed by atoms with Gasteiger partial charge in [-0.15, -0.1) is 0 Å². The van der Waals surface area contributed by atoms with Crippen molar-refractivity contribution in [3.63, 3.8) is 0 Å². The third-order valence-electron chi connectivity index (χ3n) is 4.80. The van der Waals surface area contributed by atoms with Gasteiger partial charge in [0, 0.05) is 18.2 Å². The van der Waals surface area contributed by atoms with Crippen molar-refractivity contribution >= 4 is 11.8 Å². The molecule has 5 heteroatoms. The molecule has 112 valence electrons. The quantitative estimate of drug-likeness (QED) is 0.640. The number of carbonyl (C=O) groups excluding carboxylic acids is 2. The first-order valence-electron chi connectivity index (χ1n) is 7.34. The Kier molecular flexibility index (Phi) is 3.24. The van der Waals surface area contributed by atoms with E-state index in [-0.39, 0.29) is 17.4 Å². The minimum absolute atomic E-state index is 0.233. The van der Waals surface area contributed by atoms with Crippen molar-refractivity contribution in [2.24, 2.45) is 5.41 Å². The van der Waals surface area contributed by atoms with Crippen LogP contribution in [0.3, 0.4) is 0 Å². The smallest absolute Gasteiger partial charge is 0.274 e. The zero-order valence-corrected chi connectivity index (χ0v) is 12.3. The Labute approximate surface area is 123 Å². The van der Waals surface area contributed by atoms with Crippen LogP contribution in [0, 0.1) is 5.41 Å². The Morgan fingerprint density at radius 1 is 1.33 bits per heavy atom. The van der Waals surface area contributed by atoms with Crippen LogP contribution in [0.25, 0.3) is 0 Å². The van der Waals surface area contributed by atoms with Crippen LogP contribution in [0.4, 0.5) is 0 Å². The second kappa shape index (κ2) is 4.84. The average molecular weight is 288 g/mol. The lowest BCUT2D eigenvalue weighted by molar-refractivity contribution is -0.137. The predicted octanol–water partition coefficient (Wildman–Crippen LogP) is 1.53. The van der Waals surface area contributed by atoms with Crippen molar-refractivity contribution in [1.29, 1.82) is 0 Å². The highest BCUT2D eigenvalue weighted by Gasteiger charge is 2.50. The van der Waals surface area contributed by atoms with E-state index < -0.39 is 5.91 Å². The van der Waals surface area contributed by atoms with E-state index in [2.05, 4.69) is 0 Å². The largest absolute Gasteiger partial charge is 0.340 e. The van der Waals surface area contributed by atoms with Crippen molar-refractivity contribution in [3.8, 4) is 0 Å². The number of hydrogen-bond donors (Lipinski definition) is 2. The predicted molar refractivity (Wildman–Crippen MR) is 77.0 cm³/mol. The molecule has 2 amide bonds. The maximum Gasteiger partial charge on any atom is 0.274 e. The van der Waals surface area contributed by atoms with Gasteiger partial charge in [0.15, 0.2) is 0 Å². The topological polar surface area (TPSA) is 69.6 Å². The number of hydroxylamine groups is 1. The van der Waals surface area contributed by atoms with E-state index in [0.717, 1.165) is 30.5 Å². The van der Waals surface area contributed by atoms with E-state index >= 15 is 0 Å². The molecule has 1 atom stereocenters. The SMILES string of the molecule is CC(C)N1CCC2(Cc3ccc(C(=O)NO)cc3C2)C1=O. The fraction of sp³-hybridized carbons (Fsp3) is 0.500. The highest BCUT2D eigenvalue weighted by molar-refractivity contribution is 5.94. The monoisotopic (exact) mass is 288 g/mol. The molecular weight excluding hydrogens is 268 g/mol. The number of likely N-dealkylation sites (tertiary alicyclic amines) is 1. The third-order valence-corrected chi connectivity index (χ3v) is 4.80. The van der Waals surface area contributed by atoms with E-state index in [1.54, 1.807) is 17.6 Å². The van der Waals surface area contributed by atoms with Crippen molar-refractivity contribution in [3.05, 3.63) is 34.9 Å². The van der Waals surface area contributed by atoms with Gasteiger partial charge in [0.25, 0.3) is 5.91 Å². The van der Waals surface area contributed by atoms with E-state index in [1.807, 2.05) is 24.8 Å². The second-order valence-electron chi connectivity index (χ2n) is 6.40. The Morgan fingerprint density at radius 2 is 2.05 bits per heavy atom. The summed E-state index contributed by atoms with van der Waals surface area (Å²) in [5.41, 5.74) is 3.95. The van der Waals surface area contributed by atoms with E-state index in [9.17, 15) is 9.59 Å². The fourth-order valence-corrected chi connectivity index (χ4v) is 3.63. The molecule has 1 aromatic rings. The van der Waals surface area contributed by atoms with Crippen LogP contribution in [0.1, 0.15) is 41.8 Å². The lowest BCUT2D eigenvalue weighted by atomic mass is 9.83. The summed E-state index contributed by atoms with van der Waals surface area (Å²) in [6.45, 7) is 4.90. The Hall–Kier alpha value is -1.88. The van der Waals surface area contributed by atoms with Crippen molar-refractivity contribution in [2.45, 2.75) is 39.2 Å². The maximum atomic E-state index is 12.7. The van der Waals surface area contributed by atoms with Gasteiger partial charge in [0.05, 0.1) is 5.41 Å². The van der Waals surface area contributed by atoms with Crippen molar-refractivity contribution < 1.29 is 14.8 Å². The van der Waals surface area contributed by atoms with Crippen LogP contribution < -0.4 is 5.48 Å². The van der Waals surface area contributed by atoms with Crippen LogP contribution in [0.2, 0.25) is 0 Å². The van der Waals surface area contributed by atoms with Gasteiger partial charge in [-0.25, -0.2) is 5.48 Å². The second-order valence-corrected chi connectivity index (χ2v) is 6.40. The molecule has 1 heterocycles. The molecule has 1 aromatic carbocycles. The number of nitrogens with one attached hydrogen (secondary N) is 1. The third kappa shape index (κ3) is 2.12. The van der Waals surface area contributed by atoms with Crippen LogP contribution in [-0.2, 0) is 17.6 Å². The minimum Gasteiger partial charge on any atom is -0.340 e. The zero-order chi connectivity index (χ0) is 15.2. The molecule has 2 N–H and O–H groups in total. The van der Waals surface area contributed by atoms with Gasteiger partial charge in [-0.3, -0.25) is 14.8 Å². The summed E-state index contributed by atoms with van der Waals surface area (Å²) >= 11 is 0. The first-order chi connectivity index (χ1) is 9.97. The molecule has 21 heavy (non-hydrogen) atoms. The van der Waals surface area contributed by atoms with Gasteiger partial charge in [0.1, 0.15) is 0 Å². The summed E-state index contributed by atoms with van der Waals surface area (Å²) < 4.78 is 0. The number of nitrogens with zero attached hydrogens (tertiary/aromatic N) is 1. The van der Waals surface area contributed by atoms with Gasteiger partial charge in [-0.2, -0.15) is 0 Å². The standard InChI is InChI=1S/C16H20N2O3/c1-10(2)18-6-5-16(15(18)20)8-12-4-3-11(14(19)17-21)7-13(12)9-16/h3-4,7,10,21H,5-6,8-9H2,1-2H3,(H,17,19). The number of carbonyl (C=O) groups is 2. The molecule has 1 aliphatic heterocycles. The van der Waals surface area contributed by atoms with Gasteiger partial charge in [-0.1, -0.05) is 6.07 Å². The molecule has 1 spiro atoms. The van der Waals surface area contributed by atoms with Gasteiger partial charge >= 0.3 is 0 Å². The first kappa shape index (κ1) is 14.1. The number of fused-ring (bicyclic) bond motifs is 1. The summed E-state index contributed by atoms with van der Waals surface area (Å²) in [5.74, 6) is -0.276. The number of amides is 2. The Morgan fingerprint density at radius 3 is 2.67 bits per heavy atom. The molecule has 1 fully saturated rings. The number of hydrogen-bond acceptors (Lipinski definition) is 3. The molecule has 1 aliphatic carbocycles. The summed E-state index contributed by atoms with van der Waals surface area (Å²) in [6, 6.07) is 5.63. The van der Waals surface area contributed by atoms with E-state index in [0.29, 0.717) is 12.0 Å². The van der Waals surface area contributed by atoms with Crippen molar-refractivity contribution in [2.75, 3.05) is 6.54 Å². The summed E-state index contributed by atoms with van der Waals surface area (Å²) in [7, 11) is 0. The van der Waals surface area contributed by atoms with E-state index in [4.69, 9.17) is 5.21 Å². The molecule has 0 radical (unpaired) electrons. The molecule has 3 rings (SSSR count). The van der Waals surface area contributed by atoms with Crippen LogP contribution >= 0.6 is 0 Å². The number of rotatable bonds is 2. The Bertz CT molecular complexity index is 612. The molecule has 0 aromatic heterocycles. The molecular formula is C16H20N2O3. The van der Waals surface area contributed by atoms with Crippen LogP contribution in [-0.4, -0.2) is 34.5 Å². The normalized spacial score (nSPS) is 24.0. The molecule has 5 nitrogen and oxygen atoms in total. The fourth-order valence-electron chi connectivity index (χ4n) is 3.63. The summed E-state index contributed by atoms with van der Waals surface area (Å²) in [6.07, 6.45) is 2.32. The molecule has 0 saturated carbocycles. The van der Waals surface area contributed by atoms with Crippen molar-refractivity contribution in [1.82, 2.24) is 10.4 Å². The maximum absolute atomic E-state index is 12.7. The number of benzene rings is 1. The highest BCUT2D eigenvalue weighted by Crippen LogP contribution is 2.45. The van der Waals surface area contributed by atoms with Gasteiger partial charge in [0.2, 0.25) is 5.91 Å². The lowest BCUT2D eigenvalue weighted by Gasteiger charge is -2.25.